The van der Waals surface area contributed by atoms with E-state index in [4.69, 9.17) is 9.47 Å². The van der Waals surface area contributed by atoms with Crippen molar-refractivity contribution in [3.63, 3.8) is 0 Å². The maximum atomic E-state index is 12.8. The van der Waals surface area contributed by atoms with Crippen LogP contribution in [0.15, 0.2) is 47.5 Å². The molecule has 1 amide bonds. The number of hydrogen-bond acceptors (Lipinski definition) is 6. The number of aryl methyl sites for hydroxylation is 1. The molecule has 2 aromatic rings. The number of carbonyl (C=O) groups excluding carboxylic acids is 1. The second-order valence-corrected chi connectivity index (χ2v) is 11.0. The number of para-hydroxylation sites is 1. The molecule has 0 spiro atoms. The number of rotatable bonds is 5. The van der Waals surface area contributed by atoms with Crippen molar-refractivity contribution in [2.24, 2.45) is 4.99 Å². The third-order valence-electron chi connectivity index (χ3n) is 5.47. The van der Waals surface area contributed by atoms with E-state index in [2.05, 4.69) is 4.99 Å². The van der Waals surface area contributed by atoms with E-state index in [1.54, 1.807) is 26.4 Å². The van der Waals surface area contributed by atoms with E-state index < -0.39 is 9.84 Å². The Labute approximate surface area is 186 Å². The molecule has 4 rings (SSSR count). The summed E-state index contributed by atoms with van der Waals surface area (Å²) in [5, 5.41) is 0.432. The number of thioether (sulfide) groups is 1. The van der Waals surface area contributed by atoms with E-state index in [0.29, 0.717) is 16.7 Å². The van der Waals surface area contributed by atoms with E-state index in [0.717, 1.165) is 16.8 Å². The minimum absolute atomic E-state index is 0.0713. The molecule has 2 aliphatic rings. The van der Waals surface area contributed by atoms with Gasteiger partial charge in [0.2, 0.25) is 0 Å². The van der Waals surface area contributed by atoms with Crippen LogP contribution in [-0.4, -0.2) is 56.5 Å². The molecule has 2 heterocycles. The SMILES string of the molecule is COc1ccc(CC(=O)N=C2S[C@H]3CS(=O)(=O)C[C@H]3N2c2ccccc2C)cc1OC. The maximum Gasteiger partial charge on any atom is 0.252 e. The van der Waals surface area contributed by atoms with Crippen LogP contribution in [0.1, 0.15) is 11.1 Å². The maximum absolute atomic E-state index is 12.8. The summed E-state index contributed by atoms with van der Waals surface area (Å²) in [5.74, 6) is 1.03. The number of amidine groups is 1. The Kier molecular flexibility index (Phi) is 5.98. The fourth-order valence-corrected chi connectivity index (χ4v) is 7.92. The molecule has 9 heteroatoms. The number of methoxy groups -OCH3 is 2. The predicted octanol–water partition coefficient (Wildman–Crippen LogP) is 2.86. The molecule has 2 atom stereocenters. The first-order chi connectivity index (χ1) is 14.8. The Balaban J connectivity index is 1.63. The fraction of sp³-hybridized carbons (Fsp3) is 0.364. The number of nitrogens with zero attached hydrogens (tertiary/aromatic N) is 2. The third-order valence-corrected chi connectivity index (χ3v) is 8.67. The van der Waals surface area contributed by atoms with Crippen molar-refractivity contribution >= 4 is 38.4 Å². The number of hydrogen-bond donors (Lipinski definition) is 0. The lowest BCUT2D eigenvalue weighted by molar-refractivity contribution is -0.117. The van der Waals surface area contributed by atoms with Crippen LogP contribution >= 0.6 is 11.8 Å². The molecule has 0 N–H and O–H groups in total. The van der Waals surface area contributed by atoms with Crippen molar-refractivity contribution in [1.82, 2.24) is 0 Å². The van der Waals surface area contributed by atoms with Crippen LogP contribution in [0.5, 0.6) is 11.5 Å². The Morgan fingerprint density at radius 2 is 1.87 bits per heavy atom. The second-order valence-electron chi connectivity index (χ2n) is 7.61. The Bertz CT molecular complexity index is 1150. The van der Waals surface area contributed by atoms with Gasteiger partial charge in [-0.15, -0.1) is 0 Å². The highest BCUT2D eigenvalue weighted by atomic mass is 32.2. The summed E-state index contributed by atoms with van der Waals surface area (Å²) in [7, 11) is 0.00384. The van der Waals surface area contributed by atoms with Gasteiger partial charge in [-0.1, -0.05) is 36.0 Å². The molecule has 0 bridgehead atoms. The van der Waals surface area contributed by atoms with Gasteiger partial charge < -0.3 is 14.4 Å². The lowest BCUT2D eigenvalue weighted by atomic mass is 10.1. The van der Waals surface area contributed by atoms with Crippen molar-refractivity contribution in [3.8, 4) is 11.5 Å². The van der Waals surface area contributed by atoms with E-state index >= 15 is 0 Å². The molecular formula is C22H24N2O5S2. The highest BCUT2D eigenvalue weighted by molar-refractivity contribution is 8.16. The summed E-state index contributed by atoms with van der Waals surface area (Å²) in [6, 6.07) is 12.9. The molecule has 0 radical (unpaired) electrons. The molecule has 2 fully saturated rings. The van der Waals surface area contributed by atoms with Gasteiger partial charge in [0.15, 0.2) is 26.5 Å². The van der Waals surface area contributed by atoms with Gasteiger partial charge in [-0.3, -0.25) is 4.79 Å². The summed E-state index contributed by atoms with van der Waals surface area (Å²) in [6.45, 7) is 1.97. The summed E-state index contributed by atoms with van der Waals surface area (Å²) in [5.41, 5.74) is 2.66. The van der Waals surface area contributed by atoms with Crippen LogP contribution in [0.3, 0.4) is 0 Å². The molecule has 164 valence electrons. The Morgan fingerprint density at radius 3 is 2.58 bits per heavy atom. The molecule has 2 saturated heterocycles. The molecule has 2 aliphatic heterocycles. The lowest BCUT2D eigenvalue weighted by Crippen LogP contribution is -2.38. The predicted molar refractivity (Wildman–Crippen MR) is 123 cm³/mol. The van der Waals surface area contributed by atoms with E-state index in [1.807, 2.05) is 42.2 Å². The average molecular weight is 461 g/mol. The largest absolute Gasteiger partial charge is 0.493 e. The highest BCUT2D eigenvalue weighted by Crippen LogP contribution is 2.42. The number of benzene rings is 2. The van der Waals surface area contributed by atoms with E-state index in [9.17, 15) is 13.2 Å². The lowest BCUT2D eigenvalue weighted by Gasteiger charge is -2.26. The molecule has 0 aromatic heterocycles. The molecule has 0 saturated carbocycles. The van der Waals surface area contributed by atoms with Crippen LogP contribution < -0.4 is 14.4 Å². The summed E-state index contributed by atoms with van der Waals surface area (Å²) >= 11 is 1.38. The second kappa shape index (κ2) is 8.55. The normalized spacial score (nSPS) is 23.1. The summed E-state index contributed by atoms with van der Waals surface area (Å²) in [6.07, 6.45) is 0.111. The first-order valence-corrected chi connectivity index (χ1v) is 12.6. The first-order valence-electron chi connectivity index (χ1n) is 9.85. The zero-order valence-corrected chi connectivity index (χ0v) is 19.2. The fourth-order valence-electron chi connectivity index (χ4n) is 3.99. The van der Waals surface area contributed by atoms with Crippen LogP contribution in [0.25, 0.3) is 0 Å². The molecule has 2 aromatic carbocycles. The van der Waals surface area contributed by atoms with Crippen molar-refractivity contribution in [2.45, 2.75) is 24.6 Å². The number of ether oxygens (including phenoxy) is 2. The number of sulfone groups is 1. The molecular weight excluding hydrogens is 436 g/mol. The van der Waals surface area contributed by atoms with Gasteiger partial charge in [-0.25, -0.2) is 8.42 Å². The Hall–Kier alpha value is -2.52. The van der Waals surface area contributed by atoms with E-state index in [1.165, 1.54) is 11.8 Å². The van der Waals surface area contributed by atoms with Crippen LogP contribution in [-0.2, 0) is 21.1 Å². The van der Waals surface area contributed by atoms with Crippen LogP contribution in [0.2, 0.25) is 0 Å². The van der Waals surface area contributed by atoms with Gasteiger partial charge in [-0.2, -0.15) is 4.99 Å². The number of anilines is 1. The number of aliphatic imine (C=N–C) groups is 1. The Morgan fingerprint density at radius 1 is 1.13 bits per heavy atom. The van der Waals surface area contributed by atoms with Crippen molar-refractivity contribution in [3.05, 3.63) is 53.6 Å². The molecule has 0 aliphatic carbocycles. The molecule has 7 nitrogen and oxygen atoms in total. The number of fused-ring (bicyclic) bond motifs is 1. The smallest absolute Gasteiger partial charge is 0.252 e. The van der Waals surface area contributed by atoms with Crippen LogP contribution in [0, 0.1) is 6.92 Å². The van der Waals surface area contributed by atoms with Crippen LogP contribution in [0.4, 0.5) is 5.69 Å². The van der Waals surface area contributed by atoms with Gasteiger partial charge in [0.25, 0.3) is 5.91 Å². The standard InChI is InChI=1S/C22H24N2O5S2/c1-14-6-4-5-7-16(14)24-17-12-31(26,27)13-20(17)30-22(24)23-21(25)11-15-8-9-18(28-2)19(10-15)29-3/h4-10,17,20H,11-13H2,1-3H3/t17-,20+/m1/s1. The average Bonchev–Trinajstić information content (AvgIpc) is 3.19. The monoisotopic (exact) mass is 460 g/mol. The van der Waals surface area contributed by atoms with Gasteiger partial charge in [0, 0.05) is 10.9 Å². The quantitative estimate of drug-likeness (QED) is 0.678. The summed E-state index contributed by atoms with van der Waals surface area (Å²) < 4.78 is 35.0. The third kappa shape index (κ3) is 4.43. The zero-order valence-electron chi connectivity index (χ0n) is 17.6. The van der Waals surface area contributed by atoms with E-state index in [-0.39, 0.29) is 35.1 Å². The van der Waals surface area contributed by atoms with Gasteiger partial charge in [0.1, 0.15) is 0 Å². The van der Waals surface area contributed by atoms with Crippen molar-refractivity contribution < 1.29 is 22.7 Å². The minimum atomic E-state index is -3.10. The van der Waals surface area contributed by atoms with Crippen molar-refractivity contribution in [2.75, 3.05) is 30.6 Å². The van der Waals surface area contributed by atoms with Gasteiger partial charge >= 0.3 is 0 Å². The zero-order chi connectivity index (χ0) is 22.2. The summed E-state index contributed by atoms with van der Waals surface area (Å²) in [4.78, 5) is 19.1. The molecule has 0 unspecified atom stereocenters. The number of carbonyl (C=O) groups is 1. The highest BCUT2D eigenvalue weighted by Gasteiger charge is 2.49. The minimum Gasteiger partial charge on any atom is -0.493 e. The first kappa shape index (κ1) is 21.7. The molecule has 31 heavy (non-hydrogen) atoms. The topological polar surface area (TPSA) is 85.3 Å². The van der Waals surface area contributed by atoms with Gasteiger partial charge in [0.05, 0.1) is 38.2 Å². The van der Waals surface area contributed by atoms with Gasteiger partial charge in [-0.05, 0) is 36.2 Å². The van der Waals surface area contributed by atoms with Crippen molar-refractivity contribution in [1.29, 1.82) is 0 Å². The number of amides is 1.